The molecule has 3 heterocycles. The molecule has 0 unspecified atom stereocenters. The minimum Gasteiger partial charge on any atom is -0.416 e. The summed E-state index contributed by atoms with van der Waals surface area (Å²) in [5, 5.41) is 8.65. The Morgan fingerprint density at radius 3 is 2.91 bits per heavy atom. The van der Waals surface area contributed by atoms with Crippen molar-refractivity contribution in [3.63, 3.8) is 0 Å². The molecule has 2 aliphatic heterocycles. The number of nitrogens with zero attached hydrogens (tertiary/aromatic N) is 3. The van der Waals surface area contributed by atoms with E-state index in [1.165, 1.54) is 25.8 Å². The number of hydrogen-bond donors (Lipinski definition) is 0. The zero-order chi connectivity index (χ0) is 15.6. The van der Waals surface area contributed by atoms with Gasteiger partial charge in [-0.1, -0.05) is 18.2 Å². The van der Waals surface area contributed by atoms with E-state index in [2.05, 4.69) is 22.1 Å². The highest BCUT2D eigenvalue weighted by Gasteiger charge is 2.32. The molecule has 124 valence electrons. The van der Waals surface area contributed by atoms with Crippen LogP contribution in [-0.4, -0.2) is 60.4 Å². The van der Waals surface area contributed by atoms with Crippen molar-refractivity contribution in [2.24, 2.45) is 0 Å². The monoisotopic (exact) mass is 345 g/mol. The molecule has 2 fully saturated rings. The minimum atomic E-state index is -2.91. The molecule has 0 aromatic carbocycles. The molecule has 2 saturated heterocycles. The summed E-state index contributed by atoms with van der Waals surface area (Å²) >= 11 is 1.58. The molecule has 6 nitrogen and oxygen atoms in total. The smallest absolute Gasteiger partial charge is 0.276 e. The molecule has 2 atom stereocenters. The summed E-state index contributed by atoms with van der Waals surface area (Å²) in [5.41, 5.74) is 0. The first-order chi connectivity index (χ1) is 10.5. The summed E-state index contributed by atoms with van der Waals surface area (Å²) in [5.74, 6) is 1.71. The molecule has 2 aliphatic rings. The van der Waals surface area contributed by atoms with Crippen LogP contribution in [0.4, 0.5) is 0 Å². The first-order valence-corrected chi connectivity index (χ1v) is 10.7. The van der Waals surface area contributed by atoms with E-state index in [0.29, 0.717) is 23.6 Å². The largest absolute Gasteiger partial charge is 0.416 e. The van der Waals surface area contributed by atoms with Crippen molar-refractivity contribution in [2.75, 3.05) is 30.9 Å². The molecular formula is C14H23N3O3S2. The predicted octanol–water partition coefficient (Wildman–Crippen LogP) is 1.94. The number of hydrogen-bond acceptors (Lipinski definition) is 7. The normalized spacial score (nSPS) is 29.0. The van der Waals surface area contributed by atoms with E-state index in [1.807, 2.05) is 0 Å². The summed E-state index contributed by atoms with van der Waals surface area (Å²) in [6.45, 7) is 1.19. The molecule has 0 amide bonds. The Morgan fingerprint density at radius 2 is 2.18 bits per heavy atom. The highest BCUT2D eigenvalue weighted by molar-refractivity contribution is 7.99. The zero-order valence-electron chi connectivity index (χ0n) is 12.9. The van der Waals surface area contributed by atoms with Crippen molar-refractivity contribution < 1.29 is 12.8 Å². The van der Waals surface area contributed by atoms with E-state index in [-0.39, 0.29) is 17.4 Å². The van der Waals surface area contributed by atoms with Gasteiger partial charge in [0.1, 0.15) is 0 Å². The second-order valence-electron chi connectivity index (χ2n) is 6.27. The van der Waals surface area contributed by atoms with Gasteiger partial charge in [0, 0.05) is 11.8 Å². The van der Waals surface area contributed by atoms with E-state index in [0.717, 1.165) is 12.2 Å². The number of piperidine rings is 1. The van der Waals surface area contributed by atoms with Crippen molar-refractivity contribution in [3.8, 4) is 0 Å². The van der Waals surface area contributed by atoms with Crippen LogP contribution in [0.2, 0.25) is 0 Å². The Hall–Kier alpha value is -0.600. The maximum Gasteiger partial charge on any atom is 0.276 e. The molecule has 22 heavy (non-hydrogen) atoms. The van der Waals surface area contributed by atoms with Crippen LogP contribution in [0.25, 0.3) is 0 Å². The number of aromatic nitrogens is 2. The molecule has 0 N–H and O–H groups in total. The number of thioether (sulfide) groups is 1. The van der Waals surface area contributed by atoms with Gasteiger partial charge in [0.2, 0.25) is 5.89 Å². The van der Waals surface area contributed by atoms with E-state index < -0.39 is 9.84 Å². The van der Waals surface area contributed by atoms with Gasteiger partial charge in [-0.2, -0.15) is 0 Å². The van der Waals surface area contributed by atoms with Crippen molar-refractivity contribution in [1.82, 2.24) is 15.1 Å². The van der Waals surface area contributed by atoms with Gasteiger partial charge in [0.15, 0.2) is 9.84 Å². The van der Waals surface area contributed by atoms with Crippen LogP contribution >= 0.6 is 11.8 Å². The first-order valence-electron chi connectivity index (χ1n) is 7.90. The van der Waals surface area contributed by atoms with Gasteiger partial charge < -0.3 is 9.32 Å². The van der Waals surface area contributed by atoms with Crippen LogP contribution in [0.5, 0.6) is 0 Å². The molecule has 1 aromatic heterocycles. The third kappa shape index (κ3) is 4.02. The molecule has 1 aromatic rings. The highest BCUT2D eigenvalue weighted by Crippen LogP contribution is 2.30. The molecule has 3 rings (SSSR count). The summed E-state index contributed by atoms with van der Waals surface area (Å²) < 4.78 is 28.6. The maximum atomic E-state index is 11.5. The van der Waals surface area contributed by atoms with Crippen LogP contribution in [0, 0.1) is 0 Å². The Kier molecular flexibility index (Phi) is 5.09. The van der Waals surface area contributed by atoms with Crippen LogP contribution in [0.15, 0.2) is 9.64 Å². The molecule has 0 saturated carbocycles. The molecule has 0 bridgehead atoms. The molecule has 0 aliphatic carbocycles. The topological polar surface area (TPSA) is 76.3 Å². The SMILES string of the molecule is CN1CCCC[C@H]1CCSc1nnc([C@@H]2CCS(=O)(=O)C2)o1. The lowest BCUT2D eigenvalue weighted by molar-refractivity contribution is 0.182. The van der Waals surface area contributed by atoms with Crippen LogP contribution in [-0.2, 0) is 9.84 Å². The average Bonchev–Trinajstić information content (AvgIpc) is 3.07. The summed E-state index contributed by atoms with van der Waals surface area (Å²) in [7, 11) is -0.718. The lowest BCUT2D eigenvalue weighted by Crippen LogP contribution is -2.36. The zero-order valence-corrected chi connectivity index (χ0v) is 14.5. The van der Waals surface area contributed by atoms with Crippen molar-refractivity contribution >= 4 is 21.6 Å². The lowest BCUT2D eigenvalue weighted by Gasteiger charge is -2.32. The Labute approximate surface area is 136 Å². The third-order valence-electron chi connectivity index (χ3n) is 4.60. The van der Waals surface area contributed by atoms with Crippen LogP contribution in [0.1, 0.15) is 43.9 Å². The Bertz CT molecular complexity index is 602. The van der Waals surface area contributed by atoms with Crippen molar-refractivity contribution in [2.45, 2.75) is 49.3 Å². The fraction of sp³-hybridized carbons (Fsp3) is 0.857. The fourth-order valence-electron chi connectivity index (χ4n) is 3.22. The summed E-state index contributed by atoms with van der Waals surface area (Å²) in [4.78, 5) is 2.44. The van der Waals surface area contributed by atoms with E-state index in [4.69, 9.17) is 4.42 Å². The molecule has 0 spiro atoms. The van der Waals surface area contributed by atoms with Crippen molar-refractivity contribution in [3.05, 3.63) is 5.89 Å². The number of rotatable bonds is 5. The third-order valence-corrected chi connectivity index (χ3v) is 7.22. The highest BCUT2D eigenvalue weighted by atomic mass is 32.2. The molecular weight excluding hydrogens is 322 g/mol. The van der Waals surface area contributed by atoms with Gasteiger partial charge in [-0.05, 0) is 39.3 Å². The lowest BCUT2D eigenvalue weighted by atomic mass is 10.0. The van der Waals surface area contributed by atoms with Gasteiger partial charge in [-0.15, -0.1) is 10.2 Å². The summed E-state index contributed by atoms with van der Waals surface area (Å²) in [6, 6.07) is 0.656. The van der Waals surface area contributed by atoms with E-state index in [1.54, 1.807) is 11.8 Å². The van der Waals surface area contributed by atoms with Gasteiger partial charge in [0.25, 0.3) is 5.22 Å². The van der Waals surface area contributed by atoms with E-state index >= 15 is 0 Å². The minimum absolute atomic E-state index is 0.115. The maximum absolute atomic E-state index is 11.5. The van der Waals surface area contributed by atoms with Crippen LogP contribution < -0.4 is 0 Å². The van der Waals surface area contributed by atoms with Gasteiger partial charge in [-0.3, -0.25) is 0 Å². The van der Waals surface area contributed by atoms with Gasteiger partial charge >= 0.3 is 0 Å². The Balaban J connectivity index is 1.48. The van der Waals surface area contributed by atoms with Crippen molar-refractivity contribution in [1.29, 1.82) is 0 Å². The second-order valence-corrected chi connectivity index (χ2v) is 9.55. The second kappa shape index (κ2) is 6.88. The average molecular weight is 345 g/mol. The molecule has 8 heteroatoms. The fourth-order valence-corrected chi connectivity index (χ4v) is 5.76. The Morgan fingerprint density at radius 1 is 1.32 bits per heavy atom. The van der Waals surface area contributed by atoms with Crippen LogP contribution in [0.3, 0.4) is 0 Å². The number of sulfone groups is 1. The van der Waals surface area contributed by atoms with Gasteiger partial charge in [0.05, 0.1) is 17.4 Å². The number of likely N-dealkylation sites (tertiary alicyclic amines) is 1. The standard InChI is InChI=1S/C14H23N3O3S2/c1-17-7-3-2-4-12(17)5-8-21-14-16-15-13(20-14)11-6-9-22(18,19)10-11/h11-12H,2-10H2,1H3/t11-,12+/m1/s1. The quantitative estimate of drug-likeness (QED) is 0.755. The van der Waals surface area contributed by atoms with Gasteiger partial charge in [-0.25, -0.2) is 8.42 Å². The molecule has 0 radical (unpaired) electrons. The predicted molar refractivity (Wildman–Crippen MR) is 85.9 cm³/mol. The summed E-state index contributed by atoms with van der Waals surface area (Å²) in [6.07, 6.45) is 5.61. The van der Waals surface area contributed by atoms with E-state index in [9.17, 15) is 8.42 Å². The first kappa shape index (κ1) is 16.3.